The van der Waals surface area contributed by atoms with Crippen LogP contribution in [0.4, 0.5) is 4.39 Å². The van der Waals surface area contributed by atoms with Gasteiger partial charge in [-0.25, -0.2) is 9.37 Å². The number of nitrogens with zero attached hydrogens (tertiary/aromatic N) is 3. The van der Waals surface area contributed by atoms with E-state index >= 15 is 0 Å². The molecule has 0 atom stereocenters. The second kappa shape index (κ2) is 4.81. The van der Waals surface area contributed by atoms with Crippen molar-refractivity contribution in [1.29, 1.82) is 0 Å². The average molecular weight is 236 g/mol. The Bertz CT molecular complexity index is 518. The van der Waals surface area contributed by atoms with Gasteiger partial charge in [-0.3, -0.25) is 0 Å². The number of hydrogen-bond acceptors (Lipinski definition) is 3. The minimum Gasteiger partial charge on any atom is -0.329 e. The summed E-state index contributed by atoms with van der Waals surface area (Å²) >= 11 is 0. The van der Waals surface area contributed by atoms with E-state index in [9.17, 15) is 4.39 Å². The van der Waals surface area contributed by atoms with Crippen LogP contribution in [0.2, 0.25) is 0 Å². The number of aromatic nitrogens is 2. The van der Waals surface area contributed by atoms with E-state index in [1.165, 1.54) is 12.1 Å². The van der Waals surface area contributed by atoms with E-state index in [2.05, 4.69) is 9.55 Å². The molecule has 0 bridgehead atoms. The highest BCUT2D eigenvalue weighted by molar-refractivity contribution is 5.76. The lowest BCUT2D eigenvalue weighted by Gasteiger charge is -2.11. The van der Waals surface area contributed by atoms with Crippen LogP contribution in [0, 0.1) is 5.82 Å². The summed E-state index contributed by atoms with van der Waals surface area (Å²) < 4.78 is 15.2. The zero-order valence-electron chi connectivity index (χ0n) is 10.2. The van der Waals surface area contributed by atoms with Crippen LogP contribution in [0.3, 0.4) is 0 Å². The molecule has 0 aliphatic heterocycles. The first kappa shape index (κ1) is 12.0. The molecule has 5 heteroatoms. The summed E-state index contributed by atoms with van der Waals surface area (Å²) in [7, 11) is 3.96. The topological polar surface area (TPSA) is 47.1 Å². The lowest BCUT2D eigenvalue weighted by Crippen LogP contribution is -2.18. The van der Waals surface area contributed by atoms with Crippen LogP contribution in [0.5, 0.6) is 0 Å². The molecule has 0 fully saturated rings. The van der Waals surface area contributed by atoms with Gasteiger partial charge < -0.3 is 15.2 Å². The van der Waals surface area contributed by atoms with Crippen LogP contribution in [0.25, 0.3) is 11.0 Å². The zero-order valence-corrected chi connectivity index (χ0v) is 10.2. The predicted octanol–water partition coefficient (Wildman–Crippen LogP) is 1.20. The average Bonchev–Trinajstić information content (AvgIpc) is 2.55. The predicted molar refractivity (Wildman–Crippen MR) is 66.1 cm³/mol. The molecule has 1 heterocycles. The quantitative estimate of drug-likeness (QED) is 0.867. The lowest BCUT2D eigenvalue weighted by molar-refractivity contribution is 0.382. The summed E-state index contributed by atoms with van der Waals surface area (Å²) in [6, 6.07) is 4.67. The third-order valence-electron chi connectivity index (χ3n) is 2.60. The number of halogens is 1. The Kier molecular flexibility index (Phi) is 3.40. The summed E-state index contributed by atoms with van der Waals surface area (Å²) in [6.07, 6.45) is 0. The number of imidazole rings is 1. The molecule has 1 aromatic carbocycles. The van der Waals surface area contributed by atoms with E-state index < -0.39 is 0 Å². The maximum absolute atomic E-state index is 13.1. The van der Waals surface area contributed by atoms with Crippen molar-refractivity contribution in [3.8, 4) is 0 Å². The molecule has 1 aromatic heterocycles. The smallest absolute Gasteiger partial charge is 0.125 e. The van der Waals surface area contributed by atoms with E-state index in [4.69, 9.17) is 5.73 Å². The summed E-state index contributed by atoms with van der Waals surface area (Å²) in [5.74, 6) is 0.660. The van der Waals surface area contributed by atoms with E-state index in [1.807, 2.05) is 19.0 Å². The van der Waals surface area contributed by atoms with Crippen molar-refractivity contribution in [3.63, 3.8) is 0 Å². The Labute approximate surface area is 99.8 Å². The van der Waals surface area contributed by atoms with Gasteiger partial charge in [-0.2, -0.15) is 0 Å². The molecule has 0 amide bonds. The van der Waals surface area contributed by atoms with E-state index in [-0.39, 0.29) is 5.82 Å². The van der Waals surface area contributed by atoms with Gasteiger partial charge in [0.15, 0.2) is 0 Å². The van der Waals surface area contributed by atoms with Gasteiger partial charge in [-0.05, 0) is 26.2 Å². The maximum atomic E-state index is 13.1. The van der Waals surface area contributed by atoms with E-state index in [0.717, 1.165) is 17.9 Å². The van der Waals surface area contributed by atoms with Crippen molar-refractivity contribution < 1.29 is 4.39 Å². The first-order chi connectivity index (χ1) is 8.11. The SMILES string of the molecule is CN(C)Cc1nc2cc(F)ccc2n1CCN. The number of rotatable bonds is 4. The van der Waals surface area contributed by atoms with Crippen LogP contribution < -0.4 is 5.73 Å². The van der Waals surface area contributed by atoms with E-state index in [1.54, 1.807) is 6.07 Å². The largest absolute Gasteiger partial charge is 0.329 e. The van der Waals surface area contributed by atoms with Gasteiger partial charge in [0.25, 0.3) is 0 Å². The standard InChI is InChI=1S/C12H17FN4/c1-16(2)8-12-15-10-7-9(13)3-4-11(10)17(12)6-5-14/h3-4,7H,5-6,8,14H2,1-2H3. The minimum absolute atomic E-state index is 0.258. The van der Waals surface area contributed by atoms with Crippen molar-refractivity contribution in [2.75, 3.05) is 20.6 Å². The monoisotopic (exact) mass is 236 g/mol. The summed E-state index contributed by atoms with van der Waals surface area (Å²) in [4.78, 5) is 6.49. The molecule has 2 N–H and O–H groups in total. The fraction of sp³-hybridized carbons (Fsp3) is 0.417. The van der Waals surface area contributed by atoms with Crippen LogP contribution in [0.1, 0.15) is 5.82 Å². The second-order valence-corrected chi connectivity index (χ2v) is 4.34. The summed E-state index contributed by atoms with van der Waals surface area (Å²) in [5.41, 5.74) is 7.23. The fourth-order valence-corrected chi connectivity index (χ4v) is 1.93. The number of benzene rings is 1. The minimum atomic E-state index is -0.258. The molecule has 0 aliphatic rings. The molecule has 0 aliphatic carbocycles. The first-order valence-electron chi connectivity index (χ1n) is 5.61. The zero-order chi connectivity index (χ0) is 12.4. The van der Waals surface area contributed by atoms with Gasteiger partial charge in [0, 0.05) is 19.2 Å². The second-order valence-electron chi connectivity index (χ2n) is 4.34. The van der Waals surface area contributed by atoms with Gasteiger partial charge >= 0.3 is 0 Å². The first-order valence-corrected chi connectivity index (χ1v) is 5.61. The Balaban J connectivity index is 2.53. The fourth-order valence-electron chi connectivity index (χ4n) is 1.93. The molecule has 0 radical (unpaired) electrons. The van der Waals surface area contributed by atoms with Crippen LogP contribution in [0.15, 0.2) is 18.2 Å². The Morgan fingerprint density at radius 3 is 2.82 bits per heavy atom. The van der Waals surface area contributed by atoms with Crippen molar-refractivity contribution in [2.45, 2.75) is 13.1 Å². The summed E-state index contributed by atoms with van der Waals surface area (Å²) in [5, 5.41) is 0. The number of nitrogens with two attached hydrogens (primary N) is 1. The molecule has 2 rings (SSSR count). The Hall–Kier alpha value is -1.46. The van der Waals surface area contributed by atoms with Crippen molar-refractivity contribution >= 4 is 11.0 Å². The molecule has 4 nitrogen and oxygen atoms in total. The van der Waals surface area contributed by atoms with Gasteiger partial charge in [0.2, 0.25) is 0 Å². The number of hydrogen-bond donors (Lipinski definition) is 1. The molecule has 2 aromatic rings. The Morgan fingerprint density at radius 1 is 1.41 bits per heavy atom. The third-order valence-corrected chi connectivity index (χ3v) is 2.60. The molecular weight excluding hydrogens is 219 g/mol. The molecule has 0 unspecified atom stereocenters. The van der Waals surface area contributed by atoms with Gasteiger partial charge in [-0.1, -0.05) is 0 Å². The molecule has 0 saturated carbocycles. The van der Waals surface area contributed by atoms with E-state index in [0.29, 0.717) is 18.6 Å². The van der Waals surface area contributed by atoms with Crippen LogP contribution in [-0.4, -0.2) is 35.1 Å². The maximum Gasteiger partial charge on any atom is 0.125 e. The Morgan fingerprint density at radius 2 is 2.18 bits per heavy atom. The normalized spacial score (nSPS) is 11.6. The molecular formula is C12H17FN4. The van der Waals surface area contributed by atoms with Crippen molar-refractivity contribution in [2.24, 2.45) is 5.73 Å². The molecule has 0 spiro atoms. The highest BCUT2D eigenvalue weighted by Crippen LogP contribution is 2.18. The highest BCUT2D eigenvalue weighted by Gasteiger charge is 2.11. The van der Waals surface area contributed by atoms with Gasteiger partial charge in [-0.15, -0.1) is 0 Å². The molecule has 17 heavy (non-hydrogen) atoms. The number of fused-ring (bicyclic) bond motifs is 1. The van der Waals surface area contributed by atoms with Crippen molar-refractivity contribution in [3.05, 3.63) is 29.8 Å². The van der Waals surface area contributed by atoms with Crippen molar-refractivity contribution in [1.82, 2.24) is 14.5 Å². The summed E-state index contributed by atoms with van der Waals surface area (Å²) in [6.45, 7) is 1.96. The molecule has 92 valence electrons. The lowest BCUT2D eigenvalue weighted by atomic mass is 10.3. The van der Waals surface area contributed by atoms with Crippen LogP contribution in [-0.2, 0) is 13.1 Å². The van der Waals surface area contributed by atoms with Crippen LogP contribution >= 0.6 is 0 Å². The molecule has 0 saturated heterocycles. The van der Waals surface area contributed by atoms with Gasteiger partial charge in [0.1, 0.15) is 11.6 Å². The van der Waals surface area contributed by atoms with Gasteiger partial charge in [0.05, 0.1) is 17.6 Å². The third kappa shape index (κ3) is 2.45. The highest BCUT2D eigenvalue weighted by atomic mass is 19.1.